The maximum atomic E-state index is 12.7. The number of hydrogen-bond acceptors (Lipinski definition) is 6. The summed E-state index contributed by atoms with van der Waals surface area (Å²) in [4.78, 5) is 26.6. The first-order chi connectivity index (χ1) is 21.2. The minimum atomic E-state index is -0.889. The first kappa shape index (κ1) is 36.7. The highest BCUT2D eigenvalue weighted by atomic mass is 16.4. The SMILES string of the molecule is CC1(C)CCC2(C(=O)[O-])CCC3(C)C(=CCC4C5(C)CCC(O)C(C)(CO)C5CCC43C)C2C1.NC(N)=NCCCC([NH3+])C(=O)O. The van der Waals surface area contributed by atoms with Crippen molar-refractivity contribution < 1.29 is 35.7 Å². The highest BCUT2D eigenvalue weighted by Gasteiger charge is 2.68. The molecule has 0 aromatic heterocycles. The number of rotatable bonds is 7. The fourth-order valence-electron chi connectivity index (χ4n) is 11.3. The maximum absolute atomic E-state index is 12.7. The van der Waals surface area contributed by atoms with E-state index < -0.39 is 34.9 Å². The van der Waals surface area contributed by atoms with E-state index in [-0.39, 0.29) is 40.1 Å². The van der Waals surface area contributed by atoms with Gasteiger partial charge in [0.1, 0.15) is 0 Å². The Morgan fingerprint density at radius 3 is 2.26 bits per heavy atom. The number of hydrogen-bond donors (Lipinski definition) is 6. The van der Waals surface area contributed by atoms with Crippen LogP contribution in [0.3, 0.4) is 0 Å². The Hall–Kier alpha value is -2.17. The summed E-state index contributed by atoms with van der Waals surface area (Å²) < 4.78 is 0. The number of aliphatic hydroxyl groups is 2. The predicted octanol–water partition coefficient (Wildman–Crippen LogP) is 2.61. The number of carbonyl (C=O) groups is 2. The second-order valence-corrected chi connectivity index (χ2v) is 17.4. The van der Waals surface area contributed by atoms with E-state index in [1.807, 2.05) is 0 Å². The van der Waals surface area contributed by atoms with Gasteiger partial charge in [-0.3, -0.25) is 4.99 Å². The van der Waals surface area contributed by atoms with E-state index in [1.54, 1.807) is 0 Å². The maximum Gasteiger partial charge on any atom is 0.362 e. The lowest BCUT2D eigenvalue weighted by Crippen LogP contribution is -2.66. The van der Waals surface area contributed by atoms with Crippen molar-refractivity contribution in [1.29, 1.82) is 0 Å². The average molecular weight is 647 g/mol. The molecule has 262 valence electrons. The van der Waals surface area contributed by atoms with Crippen molar-refractivity contribution in [1.82, 2.24) is 0 Å². The zero-order valence-electron chi connectivity index (χ0n) is 29.2. The Morgan fingerprint density at radius 1 is 1.02 bits per heavy atom. The molecule has 46 heavy (non-hydrogen) atoms. The van der Waals surface area contributed by atoms with Crippen molar-refractivity contribution >= 4 is 17.9 Å². The zero-order chi connectivity index (χ0) is 34.5. The quantitative estimate of drug-likeness (QED) is 0.105. The van der Waals surface area contributed by atoms with Crippen molar-refractivity contribution in [2.24, 2.45) is 66.7 Å². The van der Waals surface area contributed by atoms with Crippen LogP contribution in [0.25, 0.3) is 0 Å². The third-order valence-electron chi connectivity index (χ3n) is 14.5. The van der Waals surface area contributed by atoms with Crippen LogP contribution in [-0.2, 0) is 9.59 Å². The third-order valence-corrected chi connectivity index (χ3v) is 14.5. The van der Waals surface area contributed by atoms with Crippen LogP contribution in [0, 0.1) is 50.2 Å². The largest absolute Gasteiger partial charge is 0.550 e. The van der Waals surface area contributed by atoms with Gasteiger partial charge in [-0.2, -0.15) is 0 Å². The summed E-state index contributed by atoms with van der Waals surface area (Å²) in [5, 5.41) is 42.4. The van der Waals surface area contributed by atoms with Crippen LogP contribution in [0.4, 0.5) is 0 Å². The minimum absolute atomic E-state index is 0.00733. The normalized spacial score (nSPS) is 43.1. The highest BCUT2D eigenvalue weighted by molar-refractivity contribution is 5.75. The molecule has 10 N–H and O–H groups in total. The predicted molar refractivity (Wildman–Crippen MR) is 176 cm³/mol. The van der Waals surface area contributed by atoms with Gasteiger partial charge in [-0.15, -0.1) is 0 Å². The molecular weight excluding hydrogens is 584 g/mol. The summed E-state index contributed by atoms with van der Waals surface area (Å²) in [7, 11) is 0. The van der Waals surface area contributed by atoms with E-state index in [9.17, 15) is 24.9 Å². The van der Waals surface area contributed by atoms with E-state index in [1.165, 1.54) is 5.57 Å². The molecule has 0 aromatic rings. The number of quaternary nitrogens is 1. The van der Waals surface area contributed by atoms with Crippen LogP contribution in [0.15, 0.2) is 16.6 Å². The molecule has 10 unspecified atom stereocenters. The molecule has 4 fully saturated rings. The first-order valence-electron chi connectivity index (χ1n) is 17.6. The molecule has 10 nitrogen and oxygen atoms in total. The van der Waals surface area contributed by atoms with Crippen molar-refractivity contribution in [3.63, 3.8) is 0 Å². The summed E-state index contributed by atoms with van der Waals surface area (Å²) in [5.74, 6) is -0.800. The zero-order valence-corrected chi connectivity index (χ0v) is 29.2. The number of aliphatic imine (C=N–C) groups is 1. The van der Waals surface area contributed by atoms with Gasteiger partial charge >= 0.3 is 5.97 Å². The Bertz CT molecular complexity index is 1230. The number of nitrogens with two attached hydrogens (primary N) is 2. The standard InChI is InChI=1S/C30H48O4.C6H14N4O2/c1-25(2)13-15-30(24(33)34)16-14-28(5)19(20(30)17-25)7-8-22-26(3)11-10-23(32)27(4,18-31)21(26)9-12-29(22,28)6;7-4(5(11)12)2-1-3-10-6(8)9/h7,20-23,31-32H,8-18H2,1-6H3,(H,33,34);4H,1-3,7H2,(H,11,12)(H4,8,9,10). The number of allylic oxidation sites excluding steroid dienone is 2. The van der Waals surface area contributed by atoms with Gasteiger partial charge in [0, 0.05) is 29.8 Å². The Labute approximate surface area is 275 Å². The molecule has 0 radical (unpaired) electrons. The van der Waals surface area contributed by atoms with Crippen LogP contribution < -0.4 is 22.3 Å². The molecule has 5 rings (SSSR count). The summed E-state index contributed by atoms with van der Waals surface area (Å²) in [6.07, 6.45) is 12.4. The molecule has 10 atom stereocenters. The summed E-state index contributed by atoms with van der Waals surface area (Å²) in [5.41, 5.74) is 14.2. The summed E-state index contributed by atoms with van der Waals surface area (Å²) >= 11 is 0. The van der Waals surface area contributed by atoms with Crippen molar-refractivity contribution in [2.45, 2.75) is 131 Å². The molecule has 0 heterocycles. The Balaban J connectivity index is 0.000000342. The lowest BCUT2D eigenvalue weighted by Gasteiger charge is -2.71. The van der Waals surface area contributed by atoms with Crippen molar-refractivity contribution in [3.05, 3.63) is 11.6 Å². The molecule has 0 aliphatic heterocycles. The molecule has 5 aliphatic carbocycles. The molecule has 0 amide bonds. The number of fused-ring (bicyclic) bond motifs is 7. The van der Waals surface area contributed by atoms with Crippen molar-refractivity contribution in [2.75, 3.05) is 13.2 Å². The number of carboxylic acid groups (broad SMARTS) is 2. The van der Waals surface area contributed by atoms with Crippen LogP contribution in [0.2, 0.25) is 0 Å². The fraction of sp³-hybridized carbons (Fsp3) is 0.861. The lowest BCUT2D eigenvalue weighted by atomic mass is 9.33. The van der Waals surface area contributed by atoms with Gasteiger partial charge in [0.15, 0.2) is 12.0 Å². The van der Waals surface area contributed by atoms with Crippen molar-refractivity contribution in [3.8, 4) is 0 Å². The number of aliphatic hydroxyl groups excluding tert-OH is 2. The van der Waals surface area contributed by atoms with Gasteiger partial charge < -0.3 is 42.4 Å². The van der Waals surface area contributed by atoms with E-state index >= 15 is 0 Å². The molecule has 0 bridgehead atoms. The summed E-state index contributed by atoms with van der Waals surface area (Å²) in [6, 6.07) is -0.570. The van der Waals surface area contributed by atoms with Crippen LogP contribution >= 0.6 is 0 Å². The second kappa shape index (κ2) is 12.7. The summed E-state index contributed by atoms with van der Waals surface area (Å²) in [6.45, 7) is 14.6. The average Bonchev–Trinajstić information content (AvgIpc) is 2.97. The van der Waals surface area contributed by atoms with Gasteiger partial charge in [0.05, 0.1) is 12.7 Å². The Morgan fingerprint density at radius 2 is 1.67 bits per heavy atom. The molecular formula is C36H62N4O6. The molecule has 4 saturated carbocycles. The van der Waals surface area contributed by atoms with Crippen LogP contribution in [0.5, 0.6) is 0 Å². The molecule has 10 heteroatoms. The van der Waals surface area contributed by atoms with Gasteiger partial charge in [-0.25, -0.2) is 4.79 Å². The number of aliphatic carboxylic acids is 2. The van der Waals surface area contributed by atoms with E-state index in [0.717, 1.165) is 64.2 Å². The van der Waals surface area contributed by atoms with E-state index in [0.29, 0.717) is 31.2 Å². The Kier molecular flexibility index (Phi) is 10.1. The molecule has 0 spiro atoms. The second-order valence-electron chi connectivity index (χ2n) is 17.4. The number of guanidine groups is 1. The first-order valence-corrected chi connectivity index (χ1v) is 17.6. The monoisotopic (exact) mass is 646 g/mol. The van der Waals surface area contributed by atoms with Crippen LogP contribution in [0.1, 0.15) is 119 Å². The third kappa shape index (κ3) is 5.89. The molecule has 5 aliphatic rings. The lowest BCUT2D eigenvalue weighted by molar-refractivity contribution is -0.409. The minimum Gasteiger partial charge on any atom is -0.550 e. The van der Waals surface area contributed by atoms with Gasteiger partial charge in [-0.05, 0) is 110 Å². The van der Waals surface area contributed by atoms with E-state index in [2.05, 4.69) is 58.3 Å². The highest BCUT2D eigenvalue weighted by Crippen LogP contribution is 2.75. The fourth-order valence-corrected chi connectivity index (χ4v) is 11.3. The number of nitrogens with zero attached hydrogens (tertiary/aromatic N) is 1. The topological polar surface area (TPSA) is 210 Å². The molecule has 0 saturated heterocycles. The van der Waals surface area contributed by atoms with Gasteiger partial charge in [0.2, 0.25) is 0 Å². The van der Waals surface area contributed by atoms with Gasteiger partial charge in [0.25, 0.3) is 0 Å². The van der Waals surface area contributed by atoms with Gasteiger partial charge in [-0.1, -0.05) is 53.2 Å². The number of carbonyl (C=O) groups excluding carboxylic acids is 1. The van der Waals surface area contributed by atoms with Crippen LogP contribution in [-0.4, -0.2) is 58.5 Å². The smallest absolute Gasteiger partial charge is 0.362 e. The molecule has 0 aromatic carbocycles. The van der Waals surface area contributed by atoms with E-state index in [4.69, 9.17) is 16.6 Å². The number of carboxylic acids is 2.